The lowest BCUT2D eigenvalue weighted by molar-refractivity contribution is -0.166. The molecular weight excluding hydrogens is 426 g/mol. The molecule has 2 aromatic rings. The molecule has 8 heteroatoms. The van der Waals surface area contributed by atoms with Crippen LogP contribution in [-0.4, -0.2) is 34.5 Å². The standard InChI is InChI=1S/C24H31N3O4S/c1-4-30-22(28)24(29,20-12-19(14(2)3)31-27-20)13-25-23(32)26-21-17-9-5-7-15(17)11-16-8-6-10-18(16)21/h11-12,14,29H,4-10,13H2,1-3H3,(H2,25,26,32). The van der Waals surface area contributed by atoms with Crippen LogP contribution in [0.15, 0.2) is 16.7 Å². The maximum Gasteiger partial charge on any atom is 0.346 e. The number of carbonyl (C=O) groups is 1. The topological polar surface area (TPSA) is 96.6 Å². The molecule has 1 atom stereocenters. The third-order valence-corrected chi connectivity index (χ3v) is 6.60. The second-order valence-corrected chi connectivity index (χ2v) is 9.30. The highest BCUT2D eigenvalue weighted by molar-refractivity contribution is 7.80. The van der Waals surface area contributed by atoms with Crippen molar-refractivity contribution >= 4 is 29.0 Å². The quantitative estimate of drug-likeness (QED) is 0.429. The number of hydrogen-bond donors (Lipinski definition) is 3. The van der Waals surface area contributed by atoms with Gasteiger partial charge in [0.2, 0.25) is 5.60 Å². The SMILES string of the molecule is CCOC(=O)C(O)(CNC(=S)Nc1c2c(cc3c1CCC3)CCC2)c1cc(C(C)C)on1. The maximum atomic E-state index is 12.7. The van der Waals surface area contributed by atoms with Crippen LogP contribution in [0.3, 0.4) is 0 Å². The minimum atomic E-state index is -2.01. The number of fused-ring (bicyclic) bond motifs is 2. The number of rotatable bonds is 7. The van der Waals surface area contributed by atoms with Crippen molar-refractivity contribution in [3.05, 3.63) is 45.8 Å². The van der Waals surface area contributed by atoms with E-state index in [0.29, 0.717) is 10.9 Å². The summed E-state index contributed by atoms with van der Waals surface area (Å²) in [5.74, 6) is -0.139. The van der Waals surface area contributed by atoms with Gasteiger partial charge in [0.1, 0.15) is 11.5 Å². The Morgan fingerprint density at radius 3 is 2.44 bits per heavy atom. The van der Waals surface area contributed by atoms with Crippen molar-refractivity contribution in [3.8, 4) is 0 Å². The molecule has 4 rings (SSSR count). The van der Waals surface area contributed by atoms with Gasteiger partial charge < -0.3 is 25.0 Å². The van der Waals surface area contributed by atoms with Crippen LogP contribution in [0.4, 0.5) is 5.69 Å². The highest BCUT2D eigenvalue weighted by Crippen LogP contribution is 2.38. The van der Waals surface area contributed by atoms with E-state index in [9.17, 15) is 9.90 Å². The van der Waals surface area contributed by atoms with E-state index < -0.39 is 11.6 Å². The highest BCUT2D eigenvalue weighted by Gasteiger charge is 2.43. The number of carbonyl (C=O) groups excluding carboxylic acids is 1. The molecule has 0 saturated heterocycles. The van der Waals surface area contributed by atoms with Gasteiger partial charge in [-0.25, -0.2) is 4.79 Å². The summed E-state index contributed by atoms with van der Waals surface area (Å²) >= 11 is 5.57. The molecule has 0 aliphatic heterocycles. The van der Waals surface area contributed by atoms with Crippen molar-refractivity contribution in [3.63, 3.8) is 0 Å². The summed E-state index contributed by atoms with van der Waals surface area (Å²) in [6.07, 6.45) is 6.59. The normalized spacial score (nSPS) is 16.4. The second-order valence-electron chi connectivity index (χ2n) is 8.89. The van der Waals surface area contributed by atoms with Gasteiger partial charge in [-0.15, -0.1) is 0 Å². The average molecular weight is 458 g/mol. The zero-order valence-corrected chi connectivity index (χ0v) is 19.7. The van der Waals surface area contributed by atoms with E-state index >= 15 is 0 Å². The minimum Gasteiger partial charge on any atom is -0.463 e. The Bertz CT molecular complexity index is 1000. The first-order valence-electron chi connectivity index (χ1n) is 11.4. The molecule has 1 aromatic carbocycles. The van der Waals surface area contributed by atoms with Gasteiger partial charge in [0.05, 0.1) is 13.2 Å². The number of anilines is 1. The number of benzene rings is 1. The Balaban J connectivity index is 1.53. The molecule has 0 fully saturated rings. The number of aliphatic hydroxyl groups is 1. The summed E-state index contributed by atoms with van der Waals surface area (Å²) in [4.78, 5) is 12.7. The molecule has 0 saturated carbocycles. The number of ether oxygens (including phenoxy) is 1. The molecule has 0 radical (unpaired) electrons. The smallest absolute Gasteiger partial charge is 0.346 e. The number of esters is 1. The fourth-order valence-electron chi connectivity index (χ4n) is 4.61. The summed E-state index contributed by atoms with van der Waals surface area (Å²) in [6, 6.07) is 3.96. The van der Waals surface area contributed by atoms with Gasteiger partial charge >= 0.3 is 5.97 Å². The van der Waals surface area contributed by atoms with Crippen LogP contribution in [0, 0.1) is 0 Å². The predicted molar refractivity (Wildman–Crippen MR) is 126 cm³/mol. The molecule has 2 aliphatic carbocycles. The van der Waals surface area contributed by atoms with Crippen LogP contribution in [-0.2, 0) is 40.8 Å². The second kappa shape index (κ2) is 9.19. The lowest BCUT2D eigenvalue weighted by Crippen LogP contribution is -2.48. The van der Waals surface area contributed by atoms with E-state index in [1.165, 1.54) is 22.3 Å². The van der Waals surface area contributed by atoms with Crippen molar-refractivity contribution < 1.29 is 19.2 Å². The van der Waals surface area contributed by atoms with E-state index in [4.69, 9.17) is 21.5 Å². The van der Waals surface area contributed by atoms with E-state index in [0.717, 1.165) is 44.2 Å². The van der Waals surface area contributed by atoms with Crippen molar-refractivity contribution in [2.24, 2.45) is 0 Å². The van der Waals surface area contributed by atoms with E-state index in [1.807, 2.05) is 13.8 Å². The molecule has 0 spiro atoms. The first-order chi connectivity index (χ1) is 15.3. The molecule has 2 aliphatic rings. The summed E-state index contributed by atoms with van der Waals surface area (Å²) in [7, 11) is 0. The molecule has 1 heterocycles. The largest absolute Gasteiger partial charge is 0.463 e. The van der Waals surface area contributed by atoms with Gasteiger partial charge in [-0.2, -0.15) is 0 Å². The molecule has 1 unspecified atom stereocenters. The van der Waals surface area contributed by atoms with Crippen LogP contribution in [0.5, 0.6) is 0 Å². The zero-order valence-electron chi connectivity index (χ0n) is 18.9. The van der Waals surface area contributed by atoms with Gasteiger partial charge in [0.25, 0.3) is 0 Å². The summed E-state index contributed by atoms with van der Waals surface area (Å²) in [5, 5.41) is 21.9. The predicted octanol–water partition coefficient (Wildman–Crippen LogP) is 3.51. The Morgan fingerprint density at radius 2 is 1.88 bits per heavy atom. The monoisotopic (exact) mass is 457 g/mol. The maximum absolute atomic E-state index is 12.7. The van der Waals surface area contributed by atoms with Crippen molar-refractivity contribution in [1.29, 1.82) is 0 Å². The molecule has 1 aromatic heterocycles. The van der Waals surface area contributed by atoms with Crippen molar-refractivity contribution in [2.75, 3.05) is 18.5 Å². The van der Waals surface area contributed by atoms with E-state index in [-0.39, 0.29) is 24.8 Å². The molecule has 0 bridgehead atoms. The number of aromatic nitrogens is 1. The van der Waals surface area contributed by atoms with E-state index in [2.05, 4.69) is 21.9 Å². The van der Waals surface area contributed by atoms with Crippen LogP contribution < -0.4 is 10.6 Å². The fraction of sp³-hybridized carbons (Fsp3) is 0.542. The van der Waals surface area contributed by atoms with Crippen molar-refractivity contribution in [1.82, 2.24) is 10.5 Å². The van der Waals surface area contributed by atoms with Gasteiger partial charge in [-0.05, 0) is 79.9 Å². The van der Waals surface area contributed by atoms with Crippen LogP contribution >= 0.6 is 12.2 Å². The molecule has 32 heavy (non-hydrogen) atoms. The average Bonchev–Trinajstić information content (AvgIpc) is 3.51. The molecule has 0 amide bonds. The minimum absolute atomic E-state index is 0.0701. The van der Waals surface area contributed by atoms with Gasteiger partial charge in [0.15, 0.2) is 5.11 Å². The Hall–Kier alpha value is -2.45. The highest BCUT2D eigenvalue weighted by atomic mass is 32.1. The Morgan fingerprint density at radius 1 is 1.22 bits per heavy atom. The Labute approximate surface area is 193 Å². The lowest BCUT2D eigenvalue weighted by atomic mass is 9.98. The molecule has 3 N–H and O–H groups in total. The van der Waals surface area contributed by atoms with E-state index in [1.54, 1.807) is 13.0 Å². The van der Waals surface area contributed by atoms with Gasteiger partial charge in [-0.3, -0.25) is 0 Å². The molecule has 7 nitrogen and oxygen atoms in total. The van der Waals surface area contributed by atoms with Gasteiger partial charge in [-0.1, -0.05) is 25.1 Å². The molecule has 172 valence electrons. The first-order valence-corrected chi connectivity index (χ1v) is 11.8. The summed E-state index contributed by atoms with van der Waals surface area (Å²) in [6.45, 7) is 5.54. The lowest BCUT2D eigenvalue weighted by Gasteiger charge is -2.25. The fourth-order valence-corrected chi connectivity index (χ4v) is 4.78. The number of nitrogens with zero attached hydrogens (tertiary/aromatic N) is 1. The summed E-state index contributed by atoms with van der Waals surface area (Å²) in [5.41, 5.74) is 4.69. The molecular formula is C24H31N3O4S. The number of aryl methyl sites for hydroxylation is 2. The van der Waals surface area contributed by atoms with Crippen LogP contribution in [0.1, 0.15) is 73.2 Å². The third-order valence-electron chi connectivity index (χ3n) is 6.35. The first kappa shape index (κ1) is 22.7. The number of nitrogens with one attached hydrogen (secondary N) is 2. The van der Waals surface area contributed by atoms with Crippen LogP contribution in [0.25, 0.3) is 0 Å². The number of hydrogen-bond acceptors (Lipinski definition) is 6. The number of thiocarbonyl (C=S) groups is 1. The van der Waals surface area contributed by atoms with Crippen LogP contribution in [0.2, 0.25) is 0 Å². The summed E-state index contributed by atoms with van der Waals surface area (Å²) < 4.78 is 10.4. The van der Waals surface area contributed by atoms with Crippen molar-refractivity contribution in [2.45, 2.75) is 70.8 Å². The Kier molecular flexibility index (Phi) is 6.53. The van der Waals surface area contributed by atoms with Gasteiger partial charge in [0, 0.05) is 17.7 Å². The third kappa shape index (κ3) is 4.26. The zero-order chi connectivity index (χ0) is 22.9.